The van der Waals surface area contributed by atoms with Crippen LogP contribution in [0.3, 0.4) is 0 Å². The number of halogens is 3. The smallest absolute Gasteiger partial charge is 0.362 e. The van der Waals surface area contributed by atoms with Crippen molar-refractivity contribution in [1.29, 1.82) is 5.26 Å². The van der Waals surface area contributed by atoms with Gasteiger partial charge in [-0.2, -0.15) is 18.4 Å². The molecule has 1 aromatic rings. The van der Waals surface area contributed by atoms with Crippen molar-refractivity contribution in [3.8, 4) is 6.07 Å². The van der Waals surface area contributed by atoms with Crippen LogP contribution in [0.2, 0.25) is 0 Å². The number of anilines is 1. The topological polar surface area (TPSA) is 56.1 Å². The molecule has 0 aliphatic heterocycles. The Morgan fingerprint density at radius 3 is 2.64 bits per heavy atom. The summed E-state index contributed by atoms with van der Waals surface area (Å²) in [5, 5.41) is 11.3. The largest absolute Gasteiger partial charge is 0.417 e. The number of nitriles is 1. The van der Waals surface area contributed by atoms with E-state index in [1.165, 1.54) is 13.1 Å². The first-order valence-electron chi connectivity index (χ1n) is 6.92. The van der Waals surface area contributed by atoms with Gasteiger partial charge in [0, 0.05) is 19.3 Å². The van der Waals surface area contributed by atoms with Crippen molar-refractivity contribution >= 4 is 11.6 Å². The lowest BCUT2D eigenvalue weighted by Crippen LogP contribution is -2.37. The Morgan fingerprint density at radius 2 is 2.14 bits per heavy atom. The van der Waals surface area contributed by atoms with Gasteiger partial charge in [0.1, 0.15) is 0 Å². The van der Waals surface area contributed by atoms with Gasteiger partial charge in [-0.3, -0.25) is 4.79 Å². The summed E-state index contributed by atoms with van der Waals surface area (Å²) in [4.78, 5) is 13.2. The molecule has 1 fully saturated rings. The zero-order valence-corrected chi connectivity index (χ0v) is 12.1. The Kier molecular flexibility index (Phi) is 4.59. The molecule has 0 atom stereocenters. The molecule has 4 nitrogen and oxygen atoms in total. The van der Waals surface area contributed by atoms with E-state index in [1.54, 1.807) is 11.0 Å². The van der Waals surface area contributed by atoms with Crippen molar-refractivity contribution < 1.29 is 18.0 Å². The van der Waals surface area contributed by atoms with Crippen LogP contribution >= 0.6 is 0 Å². The Labute approximate surface area is 126 Å². The Bertz CT molecular complexity index is 603. The van der Waals surface area contributed by atoms with Gasteiger partial charge in [0.25, 0.3) is 0 Å². The number of benzene rings is 1. The van der Waals surface area contributed by atoms with E-state index in [0.29, 0.717) is 18.2 Å². The van der Waals surface area contributed by atoms with E-state index in [0.717, 1.165) is 25.0 Å². The third kappa shape index (κ3) is 3.91. The standard InChI is InChI=1S/C15H16F3N3O/c1-20-14(22)9-21(8-10-2-3-10)12-5-4-11(7-19)13(6-12)15(16,17)18/h4-6,10H,2-3,8-9H2,1H3,(H,20,22). The van der Waals surface area contributed by atoms with Gasteiger partial charge in [0.15, 0.2) is 0 Å². The summed E-state index contributed by atoms with van der Waals surface area (Å²) in [5.41, 5.74) is -1.07. The number of nitrogens with one attached hydrogen (secondary N) is 1. The molecule has 0 unspecified atom stereocenters. The fourth-order valence-corrected chi connectivity index (χ4v) is 2.19. The van der Waals surface area contributed by atoms with Crippen molar-refractivity contribution in [3.63, 3.8) is 0 Å². The molecule has 0 radical (unpaired) electrons. The van der Waals surface area contributed by atoms with Crippen LogP contribution in [0.5, 0.6) is 0 Å². The second-order valence-electron chi connectivity index (χ2n) is 5.34. The van der Waals surface area contributed by atoms with Crippen molar-refractivity contribution in [2.75, 3.05) is 25.0 Å². The molecule has 0 bridgehead atoms. The van der Waals surface area contributed by atoms with E-state index >= 15 is 0 Å². The number of carbonyl (C=O) groups excluding carboxylic acids is 1. The second kappa shape index (κ2) is 6.26. The number of hydrogen-bond donors (Lipinski definition) is 1. The minimum Gasteiger partial charge on any atom is -0.362 e. The van der Waals surface area contributed by atoms with Crippen LogP contribution in [-0.2, 0) is 11.0 Å². The lowest BCUT2D eigenvalue weighted by atomic mass is 10.1. The van der Waals surface area contributed by atoms with Crippen molar-refractivity contribution in [2.45, 2.75) is 19.0 Å². The highest BCUT2D eigenvalue weighted by Gasteiger charge is 2.34. The molecule has 1 N–H and O–H groups in total. The maximum Gasteiger partial charge on any atom is 0.417 e. The molecule has 1 amide bonds. The molecule has 22 heavy (non-hydrogen) atoms. The third-order valence-corrected chi connectivity index (χ3v) is 3.58. The molecule has 118 valence electrons. The number of amides is 1. The van der Waals surface area contributed by atoms with Crippen LogP contribution in [0.25, 0.3) is 0 Å². The first-order valence-corrected chi connectivity index (χ1v) is 6.92. The molecule has 0 heterocycles. The predicted octanol–water partition coefficient (Wildman–Crippen LogP) is 2.54. The number of carbonyl (C=O) groups is 1. The Morgan fingerprint density at radius 1 is 1.45 bits per heavy atom. The molecule has 1 aliphatic carbocycles. The number of likely N-dealkylation sites (N-methyl/N-ethyl adjacent to an activating group) is 1. The van der Waals surface area contributed by atoms with Crippen LogP contribution in [0, 0.1) is 17.2 Å². The average Bonchev–Trinajstić information content (AvgIpc) is 3.28. The van der Waals surface area contributed by atoms with Crippen LogP contribution in [0.1, 0.15) is 24.0 Å². The molecule has 0 spiro atoms. The molecular weight excluding hydrogens is 295 g/mol. The lowest BCUT2D eigenvalue weighted by Gasteiger charge is -2.25. The summed E-state index contributed by atoms with van der Waals surface area (Å²) in [6.45, 7) is 0.535. The minimum absolute atomic E-state index is 0.00377. The van der Waals surface area contributed by atoms with Gasteiger partial charge in [-0.05, 0) is 37.0 Å². The van der Waals surface area contributed by atoms with Gasteiger partial charge in [-0.25, -0.2) is 0 Å². The quantitative estimate of drug-likeness (QED) is 0.909. The number of hydrogen-bond acceptors (Lipinski definition) is 3. The highest BCUT2D eigenvalue weighted by molar-refractivity contribution is 5.81. The zero-order valence-electron chi connectivity index (χ0n) is 12.1. The average molecular weight is 311 g/mol. The van der Waals surface area contributed by atoms with Gasteiger partial charge in [0.2, 0.25) is 5.91 Å². The van der Waals surface area contributed by atoms with E-state index in [2.05, 4.69) is 5.32 Å². The molecule has 1 saturated carbocycles. The molecule has 2 rings (SSSR count). The normalized spacial score (nSPS) is 14.3. The fraction of sp³-hybridized carbons (Fsp3) is 0.467. The summed E-state index contributed by atoms with van der Waals surface area (Å²) in [6, 6.07) is 5.12. The Balaban J connectivity index is 2.34. The maximum absolute atomic E-state index is 13.0. The summed E-state index contributed by atoms with van der Waals surface area (Å²) in [6.07, 6.45) is -2.56. The summed E-state index contributed by atoms with van der Waals surface area (Å²) in [5.74, 6) is 0.146. The first kappa shape index (κ1) is 16.1. The van der Waals surface area contributed by atoms with Gasteiger partial charge in [-0.15, -0.1) is 0 Å². The summed E-state index contributed by atoms with van der Waals surface area (Å²) >= 11 is 0. The van der Waals surface area contributed by atoms with E-state index in [4.69, 9.17) is 5.26 Å². The van der Waals surface area contributed by atoms with E-state index in [1.807, 2.05) is 0 Å². The molecular formula is C15H16F3N3O. The molecule has 1 aliphatic rings. The van der Waals surface area contributed by atoms with Crippen LogP contribution in [0.15, 0.2) is 18.2 Å². The van der Waals surface area contributed by atoms with Crippen molar-refractivity contribution in [1.82, 2.24) is 5.32 Å². The van der Waals surface area contributed by atoms with Crippen molar-refractivity contribution in [2.24, 2.45) is 5.92 Å². The molecule has 0 aromatic heterocycles. The van der Waals surface area contributed by atoms with Gasteiger partial charge in [0.05, 0.1) is 23.7 Å². The van der Waals surface area contributed by atoms with Crippen molar-refractivity contribution in [3.05, 3.63) is 29.3 Å². The highest BCUT2D eigenvalue weighted by atomic mass is 19.4. The zero-order chi connectivity index (χ0) is 16.3. The van der Waals surface area contributed by atoms with Crippen LogP contribution < -0.4 is 10.2 Å². The third-order valence-electron chi connectivity index (χ3n) is 3.58. The van der Waals surface area contributed by atoms with Gasteiger partial charge >= 0.3 is 6.18 Å². The molecule has 0 saturated heterocycles. The number of alkyl halides is 3. The maximum atomic E-state index is 13.0. The fourth-order valence-electron chi connectivity index (χ4n) is 2.19. The monoisotopic (exact) mass is 311 g/mol. The SMILES string of the molecule is CNC(=O)CN(CC1CC1)c1ccc(C#N)c(C(F)(F)F)c1. The summed E-state index contributed by atoms with van der Waals surface area (Å²) < 4.78 is 39.1. The van der Waals surface area contributed by atoms with E-state index in [-0.39, 0.29) is 12.5 Å². The van der Waals surface area contributed by atoms with E-state index < -0.39 is 17.3 Å². The van der Waals surface area contributed by atoms with Crippen LogP contribution in [0.4, 0.5) is 18.9 Å². The van der Waals surface area contributed by atoms with Gasteiger partial charge < -0.3 is 10.2 Å². The minimum atomic E-state index is -4.60. The lowest BCUT2D eigenvalue weighted by molar-refractivity contribution is -0.137. The number of rotatable bonds is 5. The second-order valence-corrected chi connectivity index (χ2v) is 5.34. The first-order chi connectivity index (χ1) is 10.3. The predicted molar refractivity (Wildman–Crippen MR) is 75.2 cm³/mol. The Hall–Kier alpha value is -2.23. The van der Waals surface area contributed by atoms with E-state index in [9.17, 15) is 18.0 Å². The molecule has 7 heteroatoms. The highest BCUT2D eigenvalue weighted by Crippen LogP contribution is 2.36. The van der Waals surface area contributed by atoms with Crippen LogP contribution in [-0.4, -0.2) is 26.0 Å². The number of nitrogens with zero attached hydrogens (tertiary/aromatic N) is 2. The van der Waals surface area contributed by atoms with Gasteiger partial charge in [-0.1, -0.05) is 0 Å². The summed E-state index contributed by atoms with van der Waals surface area (Å²) in [7, 11) is 1.48. The molecule has 1 aromatic carbocycles.